The average molecular weight is 635 g/mol. The van der Waals surface area contributed by atoms with E-state index in [1.165, 1.54) is 34.9 Å². The number of carbonyl (C=O) groups excluding carboxylic acids is 4. The molecule has 1 amide bonds. The normalized spacial score (nSPS) is 12.3. The zero-order valence-corrected chi connectivity index (χ0v) is 28.0. The summed E-state index contributed by atoms with van der Waals surface area (Å²) in [6, 6.07) is 16.8. The van der Waals surface area contributed by atoms with E-state index in [9.17, 15) is 19.2 Å². The molecule has 3 aromatic rings. The van der Waals surface area contributed by atoms with Crippen LogP contribution in [0.4, 0.5) is 4.79 Å². The Morgan fingerprint density at radius 1 is 1.00 bits per heavy atom. The number of amides is 1. The second kappa shape index (κ2) is 15.5. The number of rotatable bonds is 13. The van der Waals surface area contributed by atoms with E-state index >= 15 is 0 Å². The third-order valence-electron chi connectivity index (χ3n) is 6.39. The minimum atomic E-state index is -1.32. The van der Waals surface area contributed by atoms with Crippen LogP contribution in [0.25, 0.3) is 17.0 Å². The topological polar surface area (TPSA) is 113 Å². The predicted octanol–water partition coefficient (Wildman–Crippen LogP) is 6.62. The number of carbonyl (C=O) groups is 4. The smallest absolute Gasteiger partial charge is 0.419 e. The van der Waals surface area contributed by atoms with Gasteiger partial charge >= 0.3 is 18.0 Å². The predicted molar refractivity (Wildman–Crippen MR) is 175 cm³/mol. The Balaban J connectivity index is 1.95. The van der Waals surface area contributed by atoms with Crippen molar-refractivity contribution in [3.63, 3.8) is 0 Å². The molecule has 0 bridgehead atoms. The van der Waals surface area contributed by atoms with E-state index in [4.69, 9.17) is 18.9 Å². The number of hydrogen-bond acceptors (Lipinski definition) is 8. The molecule has 45 heavy (non-hydrogen) atoms. The molecule has 0 radical (unpaired) electrons. The first-order chi connectivity index (χ1) is 21.2. The molecule has 0 unspecified atom stereocenters. The third kappa shape index (κ3) is 10.9. The highest BCUT2D eigenvalue weighted by Gasteiger charge is 2.23. The Morgan fingerprint density at radius 3 is 2.33 bits per heavy atom. The molecule has 1 aromatic heterocycles. The van der Waals surface area contributed by atoms with Gasteiger partial charge in [0, 0.05) is 26.3 Å². The van der Waals surface area contributed by atoms with Gasteiger partial charge in [0.1, 0.15) is 18.9 Å². The van der Waals surface area contributed by atoms with Crippen LogP contribution in [-0.2, 0) is 35.1 Å². The van der Waals surface area contributed by atoms with Gasteiger partial charge in [-0.1, -0.05) is 50.0 Å². The number of hydrogen-bond donors (Lipinski definition) is 0. The minimum Gasteiger partial charge on any atom is -0.465 e. The van der Waals surface area contributed by atoms with Crippen molar-refractivity contribution in [3.05, 3.63) is 89.3 Å². The second-order valence-electron chi connectivity index (χ2n) is 12.6. The molecule has 0 atom stereocenters. The molecule has 0 aliphatic carbocycles. The fourth-order valence-corrected chi connectivity index (χ4v) is 4.84. The molecule has 0 saturated heterocycles. The Kier molecular flexibility index (Phi) is 12.0. The zero-order valence-electron chi connectivity index (χ0n) is 27.0. The highest BCUT2D eigenvalue weighted by atomic mass is 28.3. The van der Waals surface area contributed by atoms with Crippen LogP contribution >= 0.6 is 0 Å². The van der Waals surface area contributed by atoms with Gasteiger partial charge in [-0.15, -0.1) is 0 Å². The van der Waals surface area contributed by atoms with Gasteiger partial charge in [-0.3, -0.25) is 9.69 Å². The van der Waals surface area contributed by atoms with Crippen molar-refractivity contribution in [2.75, 3.05) is 20.4 Å². The molecule has 0 aliphatic rings. The van der Waals surface area contributed by atoms with Crippen LogP contribution in [0, 0.1) is 0 Å². The Hall–Kier alpha value is -4.48. The summed E-state index contributed by atoms with van der Waals surface area (Å²) in [6.45, 7) is 12.5. The summed E-state index contributed by atoms with van der Waals surface area (Å²) < 4.78 is 23.1. The van der Waals surface area contributed by atoms with Gasteiger partial charge in [0.05, 0.1) is 29.5 Å². The van der Waals surface area contributed by atoms with Crippen molar-refractivity contribution in [2.45, 2.75) is 58.7 Å². The standard InChI is InChI=1S/C34H42N2O8Si/c1-34(2,3)44-33(40)36-29(15-13-27(31(38)41-4)21-35(23-37)24-42-17-18-45(5,6)7)20-28-19-26(14-16-30(28)36)32(39)43-22-25-11-9-8-10-12-25/h8-16,19-21,23H,17-18,22,24H2,1-7H3/b15-13+,27-21+. The summed E-state index contributed by atoms with van der Waals surface area (Å²) in [5, 5.41) is 0.573. The van der Waals surface area contributed by atoms with E-state index < -0.39 is 31.7 Å². The number of ether oxygens (including phenoxy) is 4. The number of esters is 2. The number of methoxy groups -OCH3 is 1. The molecule has 0 N–H and O–H groups in total. The first-order valence-electron chi connectivity index (χ1n) is 14.6. The van der Waals surface area contributed by atoms with E-state index in [2.05, 4.69) is 19.6 Å². The molecule has 2 aromatic carbocycles. The van der Waals surface area contributed by atoms with E-state index in [1.807, 2.05) is 30.3 Å². The summed E-state index contributed by atoms with van der Waals surface area (Å²) >= 11 is 0. The second-order valence-corrected chi connectivity index (χ2v) is 18.2. The lowest BCUT2D eigenvalue weighted by Crippen LogP contribution is -2.27. The van der Waals surface area contributed by atoms with Gasteiger partial charge in [-0.25, -0.2) is 19.0 Å². The molecule has 240 valence electrons. The summed E-state index contributed by atoms with van der Waals surface area (Å²) in [4.78, 5) is 51.8. The third-order valence-corrected chi connectivity index (χ3v) is 8.09. The van der Waals surface area contributed by atoms with E-state index in [-0.39, 0.29) is 18.9 Å². The number of nitrogens with zero attached hydrogens (tertiary/aromatic N) is 2. The SMILES string of the molecule is COC(=O)C(/C=C/c1cc2cc(C(=O)OCc3ccccc3)ccc2n1C(=O)OC(C)(C)C)=C/N(C=O)COCC[Si](C)(C)C. The molecule has 10 nitrogen and oxygen atoms in total. The summed E-state index contributed by atoms with van der Waals surface area (Å²) in [6.07, 6.45) is 4.21. The summed E-state index contributed by atoms with van der Waals surface area (Å²) in [5.74, 6) is -1.21. The molecule has 3 rings (SSSR count). The Labute approximate surface area is 265 Å². The van der Waals surface area contributed by atoms with Crippen LogP contribution in [0.2, 0.25) is 25.7 Å². The summed E-state index contributed by atoms with van der Waals surface area (Å²) in [5.41, 5.74) is 1.28. The van der Waals surface area contributed by atoms with Crippen LogP contribution in [-0.4, -0.2) is 68.0 Å². The van der Waals surface area contributed by atoms with Crippen molar-refractivity contribution < 1.29 is 38.1 Å². The van der Waals surface area contributed by atoms with Gasteiger partial charge in [-0.05, 0) is 68.8 Å². The minimum absolute atomic E-state index is 0.0381. The molecular weight excluding hydrogens is 592 g/mol. The maximum atomic E-state index is 13.4. The van der Waals surface area contributed by atoms with Gasteiger partial charge in [-0.2, -0.15) is 0 Å². The van der Waals surface area contributed by atoms with Crippen molar-refractivity contribution in [3.8, 4) is 0 Å². The molecular formula is C34H42N2O8Si. The zero-order chi connectivity index (χ0) is 33.2. The lowest BCUT2D eigenvalue weighted by molar-refractivity contribution is -0.135. The molecule has 0 spiro atoms. The van der Waals surface area contributed by atoms with Crippen LogP contribution < -0.4 is 0 Å². The monoisotopic (exact) mass is 634 g/mol. The van der Waals surface area contributed by atoms with Crippen LogP contribution in [0.15, 0.2) is 72.4 Å². The molecule has 0 saturated carbocycles. The maximum absolute atomic E-state index is 13.4. The Morgan fingerprint density at radius 2 is 1.71 bits per heavy atom. The largest absolute Gasteiger partial charge is 0.465 e. The van der Waals surface area contributed by atoms with Crippen molar-refractivity contribution in [2.24, 2.45) is 0 Å². The first kappa shape index (κ1) is 35.0. The average Bonchev–Trinajstić information content (AvgIpc) is 3.35. The van der Waals surface area contributed by atoms with Crippen molar-refractivity contribution >= 4 is 49.5 Å². The van der Waals surface area contributed by atoms with Crippen molar-refractivity contribution in [1.29, 1.82) is 0 Å². The van der Waals surface area contributed by atoms with E-state index in [1.54, 1.807) is 45.0 Å². The molecule has 11 heteroatoms. The summed E-state index contributed by atoms with van der Waals surface area (Å²) in [7, 11) is -0.0843. The Bertz CT molecular complexity index is 1560. The first-order valence-corrected chi connectivity index (χ1v) is 18.3. The number of aromatic nitrogens is 1. The lowest BCUT2D eigenvalue weighted by Gasteiger charge is -2.20. The fraction of sp³-hybridized carbons (Fsp3) is 0.353. The quantitative estimate of drug-likeness (QED) is 0.0301. The van der Waals surface area contributed by atoms with E-state index in [0.717, 1.165) is 11.6 Å². The molecule has 0 aliphatic heterocycles. The molecule has 0 fully saturated rings. The van der Waals surface area contributed by atoms with Gasteiger partial charge in [0.15, 0.2) is 0 Å². The van der Waals surface area contributed by atoms with Crippen LogP contribution in [0.3, 0.4) is 0 Å². The highest BCUT2D eigenvalue weighted by molar-refractivity contribution is 6.76. The maximum Gasteiger partial charge on any atom is 0.419 e. The van der Waals surface area contributed by atoms with E-state index in [0.29, 0.717) is 35.2 Å². The van der Waals surface area contributed by atoms with Crippen LogP contribution in [0.1, 0.15) is 42.4 Å². The molecule has 1 heterocycles. The van der Waals surface area contributed by atoms with Crippen LogP contribution in [0.5, 0.6) is 0 Å². The fourth-order valence-electron chi connectivity index (χ4n) is 4.09. The number of fused-ring (bicyclic) bond motifs is 1. The van der Waals surface area contributed by atoms with Gasteiger partial charge in [0.25, 0.3) is 0 Å². The van der Waals surface area contributed by atoms with Gasteiger partial charge < -0.3 is 18.9 Å². The lowest BCUT2D eigenvalue weighted by atomic mass is 10.1. The highest BCUT2D eigenvalue weighted by Crippen LogP contribution is 2.25. The van der Waals surface area contributed by atoms with Gasteiger partial charge in [0.2, 0.25) is 6.41 Å². The number of benzene rings is 2. The van der Waals surface area contributed by atoms with Crippen molar-refractivity contribution in [1.82, 2.24) is 9.47 Å².